The van der Waals surface area contributed by atoms with Gasteiger partial charge in [-0.1, -0.05) is 30.3 Å². The van der Waals surface area contributed by atoms with E-state index in [9.17, 15) is 9.00 Å². The molecule has 0 saturated heterocycles. The second-order valence-electron chi connectivity index (χ2n) is 3.66. The molecule has 2 aromatic rings. The zero-order valence-corrected chi connectivity index (χ0v) is 11.1. The first-order valence-electron chi connectivity index (χ1n) is 5.38. The Morgan fingerprint density at radius 3 is 2.06 bits per heavy atom. The van der Waals surface area contributed by atoms with Gasteiger partial charge in [-0.15, -0.1) is 11.6 Å². The molecule has 92 valence electrons. The third-order valence-corrected chi connectivity index (χ3v) is 4.11. The van der Waals surface area contributed by atoms with E-state index in [-0.39, 0.29) is 11.7 Å². The van der Waals surface area contributed by atoms with Crippen LogP contribution in [0.2, 0.25) is 0 Å². The predicted molar refractivity (Wildman–Crippen MR) is 72.6 cm³/mol. The summed E-state index contributed by atoms with van der Waals surface area (Å²) in [6, 6.07) is 15.9. The summed E-state index contributed by atoms with van der Waals surface area (Å²) in [5.74, 6) is -0.171. The summed E-state index contributed by atoms with van der Waals surface area (Å²) >= 11 is 5.48. The molecule has 0 bridgehead atoms. The van der Waals surface area contributed by atoms with Crippen LogP contribution < -0.4 is 0 Å². The topological polar surface area (TPSA) is 34.1 Å². The smallest absolute Gasteiger partial charge is 0.177 e. The maximum Gasteiger partial charge on any atom is 0.177 e. The van der Waals surface area contributed by atoms with Gasteiger partial charge >= 0.3 is 0 Å². The van der Waals surface area contributed by atoms with E-state index in [1.54, 1.807) is 24.3 Å². The summed E-state index contributed by atoms with van der Waals surface area (Å²) in [6.07, 6.45) is 0. The summed E-state index contributed by atoms with van der Waals surface area (Å²) < 4.78 is 12.2. The molecule has 2 aromatic carbocycles. The first-order chi connectivity index (χ1) is 8.72. The van der Waals surface area contributed by atoms with Crippen molar-refractivity contribution >= 4 is 28.2 Å². The second-order valence-corrected chi connectivity index (χ2v) is 5.41. The monoisotopic (exact) mass is 278 g/mol. The molecule has 0 aliphatic rings. The number of halogens is 1. The van der Waals surface area contributed by atoms with Crippen molar-refractivity contribution in [3.63, 3.8) is 0 Å². The minimum atomic E-state index is -1.21. The van der Waals surface area contributed by atoms with Crippen LogP contribution in [0.15, 0.2) is 64.4 Å². The van der Waals surface area contributed by atoms with Crippen LogP contribution in [0.25, 0.3) is 0 Å². The minimum Gasteiger partial charge on any atom is -0.293 e. The van der Waals surface area contributed by atoms with Gasteiger partial charge in [0.25, 0.3) is 0 Å². The highest BCUT2D eigenvalue weighted by atomic mass is 35.5. The van der Waals surface area contributed by atoms with E-state index < -0.39 is 10.8 Å². The van der Waals surface area contributed by atoms with Crippen LogP contribution in [0, 0.1) is 0 Å². The molecule has 4 heteroatoms. The quantitative estimate of drug-likeness (QED) is 0.635. The van der Waals surface area contributed by atoms with Crippen molar-refractivity contribution in [2.75, 3.05) is 5.88 Å². The normalized spacial score (nSPS) is 12.1. The van der Waals surface area contributed by atoms with Crippen molar-refractivity contribution in [2.45, 2.75) is 9.79 Å². The highest BCUT2D eigenvalue weighted by Gasteiger charge is 2.08. The van der Waals surface area contributed by atoms with Gasteiger partial charge in [0.15, 0.2) is 5.78 Å². The molecule has 18 heavy (non-hydrogen) atoms. The maximum atomic E-state index is 12.2. The van der Waals surface area contributed by atoms with E-state index in [0.29, 0.717) is 10.5 Å². The van der Waals surface area contributed by atoms with E-state index in [1.807, 2.05) is 30.3 Å². The average molecular weight is 279 g/mol. The first-order valence-corrected chi connectivity index (χ1v) is 7.07. The molecule has 2 rings (SSSR count). The summed E-state index contributed by atoms with van der Waals surface area (Å²) in [5.41, 5.74) is 0.541. The second kappa shape index (κ2) is 5.94. The Kier molecular flexibility index (Phi) is 4.28. The summed E-state index contributed by atoms with van der Waals surface area (Å²) in [6.45, 7) is 0. The first kappa shape index (κ1) is 13.0. The molecule has 0 unspecified atom stereocenters. The minimum absolute atomic E-state index is 0.0406. The molecule has 1 atom stereocenters. The number of rotatable bonds is 4. The lowest BCUT2D eigenvalue weighted by atomic mass is 10.1. The Balaban J connectivity index is 2.25. The van der Waals surface area contributed by atoms with Gasteiger partial charge in [-0.3, -0.25) is 4.79 Å². The molecule has 0 spiro atoms. The fraction of sp³-hybridized carbons (Fsp3) is 0.0714. The summed E-state index contributed by atoms with van der Waals surface area (Å²) in [4.78, 5) is 12.8. The predicted octanol–water partition coefficient (Wildman–Crippen LogP) is 3.27. The van der Waals surface area contributed by atoms with Gasteiger partial charge in [0.1, 0.15) is 0 Å². The zero-order valence-electron chi connectivity index (χ0n) is 9.51. The molecule has 0 fully saturated rings. The standard InChI is InChI=1S/C14H11ClO2S/c15-10-14(16)11-6-8-13(9-7-11)18(17)12-4-2-1-3-5-12/h1-9H,10H2/t18-/m0/s1. The van der Waals surface area contributed by atoms with Crippen LogP contribution >= 0.6 is 11.6 Å². The van der Waals surface area contributed by atoms with Crippen molar-refractivity contribution < 1.29 is 9.00 Å². The SMILES string of the molecule is O=C(CCl)c1ccc([S@@](=O)c2ccccc2)cc1. The fourth-order valence-electron chi connectivity index (χ4n) is 1.52. The van der Waals surface area contributed by atoms with Crippen molar-refractivity contribution in [2.24, 2.45) is 0 Å². The molecule has 0 N–H and O–H groups in total. The number of carbonyl (C=O) groups excluding carboxylic acids is 1. The van der Waals surface area contributed by atoms with Crippen LogP contribution in [0.5, 0.6) is 0 Å². The third kappa shape index (κ3) is 2.86. The number of ketones is 1. The maximum absolute atomic E-state index is 12.2. The number of alkyl halides is 1. The van der Waals surface area contributed by atoms with Crippen molar-refractivity contribution in [1.82, 2.24) is 0 Å². The van der Waals surface area contributed by atoms with Gasteiger partial charge in [-0.05, 0) is 24.3 Å². The molecule has 0 aliphatic heterocycles. The van der Waals surface area contributed by atoms with Gasteiger partial charge in [0.05, 0.1) is 16.7 Å². The highest BCUT2D eigenvalue weighted by molar-refractivity contribution is 7.85. The van der Waals surface area contributed by atoms with Crippen LogP contribution in [0.4, 0.5) is 0 Å². The number of hydrogen-bond acceptors (Lipinski definition) is 2. The molecule has 0 heterocycles. The Bertz CT molecular complexity index is 564. The van der Waals surface area contributed by atoms with Gasteiger partial charge < -0.3 is 0 Å². The van der Waals surface area contributed by atoms with Crippen LogP contribution in [-0.4, -0.2) is 15.9 Å². The summed E-state index contributed by atoms with van der Waals surface area (Å²) in [7, 11) is -1.21. The van der Waals surface area contributed by atoms with Gasteiger partial charge in [0, 0.05) is 15.4 Å². The molecular formula is C14H11ClO2S. The molecule has 2 nitrogen and oxygen atoms in total. The highest BCUT2D eigenvalue weighted by Crippen LogP contribution is 2.16. The zero-order chi connectivity index (χ0) is 13.0. The Morgan fingerprint density at radius 2 is 1.50 bits per heavy atom. The molecule has 0 aliphatic carbocycles. The molecule has 0 radical (unpaired) electrons. The lowest BCUT2D eigenvalue weighted by molar-refractivity contribution is 0.102. The van der Waals surface area contributed by atoms with Gasteiger partial charge in [-0.2, -0.15) is 0 Å². The summed E-state index contributed by atoms with van der Waals surface area (Å²) in [5, 5.41) is 0. The average Bonchev–Trinajstić information content (AvgIpc) is 2.47. The lowest BCUT2D eigenvalue weighted by Crippen LogP contribution is -2.00. The molecule has 0 aromatic heterocycles. The number of carbonyl (C=O) groups is 1. The molecule has 0 saturated carbocycles. The van der Waals surface area contributed by atoms with Crippen molar-refractivity contribution in [3.05, 3.63) is 60.2 Å². The molecular weight excluding hydrogens is 268 g/mol. The number of Topliss-reactive ketones (excluding diaryl/α,β-unsaturated/α-hetero) is 1. The Labute approximate surface area is 113 Å². The van der Waals surface area contributed by atoms with E-state index >= 15 is 0 Å². The Morgan fingerprint density at radius 1 is 0.944 bits per heavy atom. The largest absolute Gasteiger partial charge is 0.293 e. The lowest BCUT2D eigenvalue weighted by Gasteiger charge is -2.03. The number of hydrogen-bond donors (Lipinski definition) is 0. The fourth-order valence-corrected chi connectivity index (χ4v) is 2.74. The van der Waals surface area contributed by atoms with Crippen molar-refractivity contribution in [1.29, 1.82) is 0 Å². The molecule has 0 amide bonds. The van der Waals surface area contributed by atoms with E-state index in [1.165, 1.54) is 0 Å². The van der Waals surface area contributed by atoms with Crippen LogP contribution in [0.1, 0.15) is 10.4 Å². The van der Waals surface area contributed by atoms with E-state index in [0.717, 1.165) is 4.90 Å². The Hall–Kier alpha value is -1.45. The van der Waals surface area contributed by atoms with Crippen molar-refractivity contribution in [3.8, 4) is 0 Å². The van der Waals surface area contributed by atoms with E-state index in [4.69, 9.17) is 11.6 Å². The van der Waals surface area contributed by atoms with Crippen LogP contribution in [-0.2, 0) is 10.8 Å². The van der Waals surface area contributed by atoms with Gasteiger partial charge in [-0.25, -0.2) is 4.21 Å². The number of benzene rings is 2. The van der Waals surface area contributed by atoms with Gasteiger partial charge in [0.2, 0.25) is 0 Å². The van der Waals surface area contributed by atoms with E-state index in [2.05, 4.69) is 0 Å². The van der Waals surface area contributed by atoms with Crippen LogP contribution in [0.3, 0.4) is 0 Å². The third-order valence-electron chi connectivity index (χ3n) is 2.47.